The molecule has 20 heavy (non-hydrogen) atoms. The Labute approximate surface area is 123 Å². The predicted molar refractivity (Wildman–Crippen MR) is 85.2 cm³/mol. The van der Waals surface area contributed by atoms with Gasteiger partial charge in [-0.2, -0.15) is 0 Å². The second-order valence-corrected chi connectivity index (χ2v) is 6.51. The van der Waals surface area contributed by atoms with E-state index >= 15 is 0 Å². The first-order valence-corrected chi connectivity index (χ1v) is 7.96. The van der Waals surface area contributed by atoms with Crippen molar-refractivity contribution in [3.8, 4) is 0 Å². The minimum atomic E-state index is 0.719. The van der Waals surface area contributed by atoms with E-state index in [-0.39, 0.29) is 0 Å². The van der Waals surface area contributed by atoms with Crippen LogP contribution in [-0.4, -0.2) is 44.2 Å². The monoisotopic (exact) mass is 273 g/mol. The minimum Gasteiger partial charge on any atom is -0.378 e. The summed E-state index contributed by atoms with van der Waals surface area (Å²) in [4.78, 5) is 4.85. The predicted octanol–water partition coefficient (Wildman–Crippen LogP) is 2.47. The second-order valence-electron chi connectivity index (χ2n) is 6.51. The number of nitrogens with zero attached hydrogens (tertiary/aromatic N) is 2. The molecule has 3 heteroatoms. The average Bonchev–Trinajstić information content (AvgIpc) is 3.17. The topological polar surface area (TPSA) is 18.5 Å². The Morgan fingerprint density at radius 3 is 2.40 bits per heavy atom. The third-order valence-electron chi connectivity index (χ3n) is 4.52. The van der Waals surface area contributed by atoms with E-state index in [1.54, 1.807) is 0 Å². The van der Waals surface area contributed by atoms with Crippen molar-refractivity contribution >= 4 is 5.69 Å². The molecular weight excluding hydrogens is 246 g/mol. The van der Waals surface area contributed by atoms with Crippen molar-refractivity contribution in [2.24, 2.45) is 0 Å². The van der Waals surface area contributed by atoms with Gasteiger partial charge < -0.3 is 10.2 Å². The summed E-state index contributed by atoms with van der Waals surface area (Å²) in [6.07, 6.45) is 5.48. The van der Waals surface area contributed by atoms with Crippen LogP contribution in [0.4, 0.5) is 5.69 Å². The Morgan fingerprint density at radius 2 is 1.85 bits per heavy atom. The van der Waals surface area contributed by atoms with Crippen molar-refractivity contribution in [2.45, 2.75) is 44.3 Å². The molecule has 110 valence electrons. The van der Waals surface area contributed by atoms with Gasteiger partial charge >= 0.3 is 0 Å². The lowest BCUT2D eigenvalue weighted by atomic mass is 10.1. The van der Waals surface area contributed by atoms with E-state index in [2.05, 4.69) is 53.5 Å². The fourth-order valence-electron chi connectivity index (χ4n) is 3.11. The summed E-state index contributed by atoms with van der Waals surface area (Å²) in [6, 6.07) is 10.6. The molecule has 0 amide bonds. The summed E-state index contributed by atoms with van der Waals surface area (Å²) in [5.41, 5.74) is 2.73. The van der Waals surface area contributed by atoms with E-state index in [9.17, 15) is 0 Å². The summed E-state index contributed by atoms with van der Waals surface area (Å²) in [6.45, 7) is 3.54. The van der Waals surface area contributed by atoms with Crippen molar-refractivity contribution < 1.29 is 0 Å². The second kappa shape index (κ2) is 6.15. The summed E-state index contributed by atoms with van der Waals surface area (Å²) in [7, 11) is 4.19. The van der Waals surface area contributed by atoms with Crippen molar-refractivity contribution in [3.05, 3.63) is 29.8 Å². The van der Waals surface area contributed by atoms with Gasteiger partial charge in [0.15, 0.2) is 0 Å². The van der Waals surface area contributed by atoms with Crippen LogP contribution >= 0.6 is 0 Å². The number of hydrogen-bond acceptors (Lipinski definition) is 3. The van der Waals surface area contributed by atoms with Gasteiger partial charge in [0.1, 0.15) is 0 Å². The lowest BCUT2D eigenvalue weighted by molar-refractivity contribution is 0.231. The fourth-order valence-corrected chi connectivity index (χ4v) is 3.11. The van der Waals surface area contributed by atoms with Crippen LogP contribution in [0.2, 0.25) is 0 Å². The Balaban J connectivity index is 1.60. The van der Waals surface area contributed by atoms with Gasteiger partial charge in [-0.3, -0.25) is 4.90 Å². The van der Waals surface area contributed by atoms with Gasteiger partial charge in [-0.05, 0) is 49.9 Å². The molecule has 1 saturated heterocycles. The van der Waals surface area contributed by atoms with Gasteiger partial charge in [-0.15, -0.1) is 0 Å². The van der Waals surface area contributed by atoms with Crippen LogP contribution in [0.15, 0.2) is 24.3 Å². The Bertz CT molecular complexity index is 416. The molecule has 1 atom stereocenters. The van der Waals surface area contributed by atoms with Crippen molar-refractivity contribution in [1.82, 2.24) is 10.2 Å². The van der Waals surface area contributed by atoms with Gasteiger partial charge in [-0.1, -0.05) is 12.1 Å². The number of rotatable bonds is 6. The lowest BCUT2D eigenvalue weighted by Gasteiger charge is -2.26. The SMILES string of the molecule is CN(C)c1ccc(CN(CC2CCCN2)C2CC2)cc1. The smallest absolute Gasteiger partial charge is 0.0361 e. The Kier molecular flexibility index (Phi) is 4.27. The van der Waals surface area contributed by atoms with Crippen LogP contribution < -0.4 is 10.2 Å². The van der Waals surface area contributed by atoms with Gasteiger partial charge in [0.05, 0.1) is 0 Å². The van der Waals surface area contributed by atoms with Crippen LogP contribution in [0.3, 0.4) is 0 Å². The lowest BCUT2D eigenvalue weighted by Crippen LogP contribution is -2.38. The fraction of sp³-hybridized carbons (Fsp3) is 0.647. The van der Waals surface area contributed by atoms with Crippen molar-refractivity contribution in [3.63, 3.8) is 0 Å². The summed E-state index contributed by atoms with van der Waals surface area (Å²) in [5.74, 6) is 0. The van der Waals surface area contributed by atoms with E-state index in [1.165, 1.54) is 50.0 Å². The molecule has 2 aliphatic rings. The van der Waals surface area contributed by atoms with E-state index < -0.39 is 0 Å². The summed E-state index contributed by atoms with van der Waals surface area (Å²) >= 11 is 0. The molecule has 0 radical (unpaired) electrons. The maximum absolute atomic E-state index is 3.63. The summed E-state index contributed by atoms with van der Waals surface area (Å²) < 4.78 is 0. The zero-order chi connectivity index (χ0) is 13.9. The van der Waals surface area contributed by atoms with E-state index in [0.29, 0.717) is 0 Å². The molecular formula is C17H27N3. The first-order chi connectivity index (χ1) is 9.72. The molecule has 1 aliphatic heterocycles. The maximum Gasteiger partial charge on any atom is 0.0361 e. The van der Waals surface area contributed by atoms with Crippen LogP contribution in [0.1, 0.15) is 31.2 Å². The zero-order valence-corrected chi connectivity index (χ0v) is 12.8. The molecule has 1 unspecified atom stereocenters. The molecule has 1 aliphatic carbocycles. The number of hydrogen-bond donors (Lipinski definition) is 1. The van der Waals surface area contributed by atoms with Gasteiger partial charge in [0.25, 0.3) is 0 Å². The molecule has 3 nitrogen and oxygen atoms in total. The molecule has 2 fully saturated rings. The van der Waals surface area contributed by atoms with E-state index in [1.807, 2.05) is 0 Å². The van der Waals surface area contributed by atoms with Crippen molar-refractivity contribution in [2.75, 3.05) is 32.1 Å². The van der Waals surface area contributed by atoms with Gasteiger partial charge in [0.2, 0.25) is 0 Å². The standard InChI is InChI=1S/C17H27N3/c1-19(2)16-7-5-14(6-8-16)12-20(17-9-10-17)13-15-4-3-11-18-15/h5-8,15,17-18H,3-4,9-13H2,1-2H3. The molecule has 1 N–H and O–H groups in total. The zero-order valence-electron chi connectivity index (χ0n) is 12.8. The normalized spacial score (nSPS) is 22.4. The largest absolute Gasteiger partial charge is 0.378 e. The molecule has 1 saturated carbocycles. The Morgan fingerprint density at radius 1 is 1.10 bits per heavy atom. The minimum absolute atomic E-state index is 0.719. The highest BCUT2D eigenvalue weighted by Gasteiger charge is 2.31. The van der Waals surface area contributed by atoms with Crippen LogP contribution in [0, 0.1) is 0 Å². The molecule has 1 heterocycles. The molecule has 3 rings (SSSR count). The highest BCUT2D eigenvalue weighted by Crippen LogP contribution is 2.29. The number of anilines is 1. The van der Waals surface area contributed by atoms with Crippen LogP contribution in [0.5, 0.6) is 0 Å². The highest BCUT2D eigenvalue weighted by molar-refractivity contribution is 5.45. The molecule has 0 aromatic heterocycles. The summed E-state index contributed by atoms with van der Waals surface area (Å²) in [5, 5.41) is 3.63. The maximum atomic E-state index is 3.63. The number of benzene rings is 1. The average molecular weight is 273 g/mol. The van der Waals surface area contributed by atoms with Gasteiger partial charge in [-0.25, -0.2) is 0 Å². The highest BCUT2D eigenvalue weighted by atomic mass is 15.2. The van der Waals surface area contributed by atoms with Crippen LogP contribution in [-0.2, 0) is 6.54 Å². The molecule has 0 spiro atoms. The third-order valence-corrected chi connectivity index (χ3v) is 4.52. The van der Waals surface area contributed by atoms with Crippen molar-refractivity contribution in [1.29, 1.82) is 0 Å². The van der Waals surface area contributed by atoms with Crippen LogP contribution in [0.25, 0.3) is 0 Å². The van der Waals surface area contributed by atoms with E-state index in [4.69, 9.17) is 0 Å². The Hall–Kier alpha value is -1.06. The first kappa shape index (κ1) is 13.9. The molecule has 1 aromatic rings. The quantitative estimate of drug-likeness (QED) is 0.859. The third kappa shape index (κ3) is 3.53. The first-order valence-electron chi connectivity index (χ1n) is 7.96. The number of nitrogens with one attached hydrogen (secondary N) is 1. The molecule has 1 aromatic carbocycles. The van der Waals surface area contributed by atoms with Gasteiger partial charge in [0, 0.05) is 45.0 Å². The molecule has 0 bridgehead atoms. The van der Waals surface area contributed by atoms with E-state index in [0.717, 1.165) is 18.6 Å².